The first kappa shape index (κ1) is 12.0. The van der Waals surface area contributed by atoms with Crippen LogP contribution in [0.15, 0.2) is 0 Å². The van der Waals surface area contributed by atoms with Crippen LogP contribution < -0.4 is 5.73 Å². The van der Waals surface area contributed by atoms with Crippen molar-refractivity contribution >= 4 is 0 Å². The Morgan fingerprint density at radius 3 is 2.43 bits per heavy atom. The van der Waals surface area contributed by atoms with E-state index in [1.807, 2.05) is 0 Å². The zero-order valence-electron chi connectivity index (χ0n) is 9.97. The van der Waals surface area contributed by atoms with E-state index in [4.69, 9.17) is 5.73 Å². The Labute approximate surface area is 89.5 Å². The van der Waals surface area contributed by atoms with Crippen molar-refractivity contribution in [1.82, 2.24) is 0 Å². The molecule has 0 aromatic rings. The summed E-state index contributed by atoms with van der Waals surface area (Å²) in [6.07, 6.45) is 11.0. The maximum Gasteiger partial charge on any atom is 0.00440 e. The van der Waals surface area contributed by atoms with Crippen LogP contribution >= 0.6 is 0 Å². The van der Waals surface area contributed by atoms with Gasteiger partial charge in [0, 0.05) is 6.04 Å². The standard InChI is InChI=1S/C13H27N/c1-3-11(2)9-13(14)10-12-7-5-4-6-8-12/h11-13H,3-10,14H2,1-2H3. The smallest absolute Gasteiger partial charge is 0.00440 e. The minimum absolute atomic E-state index is 0.466. The van der Waals surface area contributed by atoms with Gasteiger partial charge in [0.2, 0.25) is 0 Å². The van der Waals surface area contributed by atoms with Gasteiger partial charge in [-0.25, -0.2) is 0 Å². The quantitative estimate of drug-likeness (QED) is 0.714. The van der Waals surface area contributed by atoms with Gasteiger partial charge in [-0.15, -0.1) is 0 Å². The molecule has 1 heteroatoms. The first-order valence-corrected chi connectivity index (χ1v) is 6.48. The molecule has 0 heterocycles. The summed E-state index contributed by atoms with van der Waals surface area (Å²) in [6.45, 7) is 4.58. The van der Waals surface area contributed by atoms with Gasteiger partial charge in [-0.2, -0.15) is 0 Å². The van der Waals surface area contributed by atoms with E-state index in [1.54, 1.807) is 0 Å². The molecule has 1 aliphatic rings. The van der Waals surface area contributed by atoms with Gasteiger partial charge < -0.3 is 5.73 Å². The van der Waals surface area contributed by atoms with Crippen molar-refractivity contribution in [2.45, 2.75) is 71.3 Å². The summed E-state index contributed by atoms with van der Waals surface area (Å²) in [6, 6.07) is 0.466. The molecule has 0 aromatic heterocycles. The molecule has 0 bridgehead atoms. The van der Waals surface area contributed by atoms with Crippen LogP contribution in [0.25, 0.3) is 0 Å². The Morgan fingerprint density at radius 2 is 1.86 bits per heavy atom. The molecule has 14 heavy (non-hydrogen) atoms. The summed E-state index contributed by atoms with van der Waals surface area (Å²) >= 11 is 0. The van der Waals surface area contributed by atoms with Crippen LogP contribution in [0.3, 0.4) is 0 Å². The third kappa shape index (κ3) is 4.45. The van der Waals surface area contributed by atoms with Crippen molar-refractivity contribution in [3.8, 4) is 0 Å². The van der Waals surface area contributed by atoms with Crippen LogP contribution in [0, 0.1) is 11.8 Å². The highest BCUT2D eigenvalue weighted by atomic mass is 14.6. The molecule has 0 spiro atoms. The lowest BCUT2D eigenvalue weighted by Crippen LogP contribution is -2.26. The molecule has 0 amide bonds. The van der Waals surface area contributed by atoms with E-state index in [-0.39, 0.29) is 0 Å². The molecular weight excluding hydrogens is 170 g/mol. The van der Waals surface area contributed by atoms with Crippen LogP contribution in [0.5, 0.6) is 0 Å². The highest BCUT2D eigenvalue weighted by Crippen LogP contribution is 2.28. The van der Waals surface area contributed by atoms with Crippen molar-refractivity contribution in [1.29, 1.82) is 0 Å². The maximum absolute atomic E-state index is 6.18. The molecule has 0 saturated heterocycles. The molecule has 0 radical (unpaired) electrons. The van der Waals surface area contributed by atoms with E-state index in [0.717, 1.165) is 11.8 Å². The molecule has 0 aliphatic heterocycles. The average Bonchev–Trinajstić information content (AvgIpc) is 2.19. The van der Waals surface area contributed by atoms with Crippen molar-refractivity contribution in [2.75, 3.05) is 0 Å². The molecule has 0 aromatic carbocycles. The number of hydrogen-bond acceptors (Lipinski definition) is 1. The Bertz CT molecular complexity index is 138. The van der Waals surface area contributed by atoms with E-state index in [0.29, 0.717) is 6.04 Å². The Morgan fingerprint density at radius 1 is 1.21 bits per heavy atom. The molecular formula is C13H27N. The first-order valence-electron chi connectivity index (χ1n) is 6.48. The molecule has 1 rings (SSSR count). The van der Waals surface area contributed by atoms with E-state index < -0.39 is 0 Å². The Hall–Kier alpha value is -0.0400. The highest BCUT2D eigenvalue weighted by Gasteiger charge is 2.17. The lowest BCUT2D eigenvalue weighted by molar-refractivity contribution is 0.298. The highest BCUT2D eigenvalue weighted by molar-refractivity contribution is 4.73. The normalized spacial score (nSPS) is 23.4. The van der Waals surface area contributed by atoms with E-state index in [1.165, 1.54) is 51.4 Å². The predicted molar refractivity (Wildman–Crippen MR) is 63.2 cm³/mol. The van der Waals surface area contributed by atoms with Crippen LogP contribution in [-0.2, 0) is 0 Å². The zero-order valence-corrected chi connectivity index (χ0v) is 9.97. The van der Waals surface area contributed by atoms with Gasteiger partial charge in [-0.3, -0.25) is 0 Å². The molecule has 84 valence electrons. The van der Waals surface area contributed by atoms with Crippen molar-refractivity contribution in [2.24, 2.45) is 17.6 Å². The van der Waals surface area contributed by atoms with E-state index in [2.05, 4.69) is 13.8 Å². The van der Waals surface area contributed by atoms with Crippen molar-refractivity contribution in [3.63, 3.8) is 0 Å². The average molecular weight is 197 g/mol. The number of nitrogens with two attached hydrogens (primary N) is 1. The number of hydrogen-bond donors (Lipinski definition) is 1. The van der Waals surface area contributed by atoms with Gasteiger partial charge >= 0.3 is 0 Å². The van der Waals surface area contributed by atoms with Gasteiger partial charge in [0.25, 0.3) is 0 Å². The van der Waals surface area contributed by atoms with E-state index >= 15 is 0 Å². The maximum atomic E-state index is 6.18. The third-order valence-corrected chi connectivity index (χ3v) is 3.76. The molecule has 1 nitrogen and oxygen atoms in total. The Balaban J connectivity index is 2.14. The summed E-state index contributed by atoms with van der Waals surface area (Å²) in [4.78, 5) is 0. The summed E-state index contributed by atoms with van der Waals surface area (Å²) in [5, 5.41) is 0. The van der Waals surface area contributed by atoms with Gasteiger partial charge in [0.15, 0.2) is 0 Å². The summed E-state index contributed by atoms with van der Waals surface area (Å²) in [7, 11) is 0. The molecule has 1 saturated carbocycles. The fourth-order valence-electron chi connectivity index (χ4n) is 2.63. The fourth-order valence-corrected chi connectivity index (χ4v) is 2.63. The number of rotatable bonds is 5. The Kier molecular flexibility index (Phi) is 5.54. The van der Waals surface area contributed by atoms with Crippen molar-refractivity contribution < 1.29 is 0 Å². The summed E-state index contributed by atoms with van der Waals surface area (Å²) in [5.41, 5.74) is 6.18. The second-order valence-electron chi connectivity index (χ2n) is 5.25. The zero-order chi connectivity index (χ0) is 10.4. The van der Waals surface area contributed by atoms with Crippen molar-refractivity contribution in [3.05, 3.63) is 0 Å². The van der Waals surface area contributed by atoms with Crippen LogP contribution in [0.1, 0.15) is 65.2 Å². The van der Waals surface area contributed by atoms with E-state index in [9.17, 15) is 0 Å². The molecule has 2 unspecified atom stereocenters. The predicted octanol–water partition coefficient (Wildman–Crippen LogP) is 3.72. The van der Waals surface area contributed by atoms with Crippen LogP contribution in [0.4, 0.5) is 0 Å². The monoisotopic (exact) mass is 197 g/mol. The summed E-state index contributed by atoms with van der Waals surface area (Å²) in [5.74, 6) is 1.76. The second-order valence-corrected chi connectivity index (χ2v) is 5.25. The molecule has 2 atom stereocenters. The molecule has 1 aliphatic carbocycles. The topological polar surface area (TPSA) is 26.0 Å². The second kappa shape index (κ2) is 6.44. The van der Waals surface area contributed by atoms with Gasteiger partial charge in [0.05, 0.1) is 0 Å². The first-order chi connectivity index (χ1) is 6.72. The lowest BCUT2D eigenvalue weighted by atomic mass is 9.83. The molecule has 1 fully saturated rings. The summed E-state index contributed by atoms with van der Waals surface area (Å²) < 4.78 is 0. The molecule has 2 N–H and O–H groups in total. The van der Waals surface area contributed by atoms with Gasteiger partial charge in [-0.05, 0) is 24.7 Å². The SMILES string of the molecule is CCC(C)CC(N)CC1CCCCC1. The lowest BCUT2D eigenvalue weighted by Gasteiger charge is -2.25. The minimum Gasteiger partial charge on any atom is -0.328 e. The van der Waals surface area contributed by atoms with Gasteiger partial charge in [0.1, 0.15) is 0 Å². The van der Waals surface area contributed by atoms with Crippen LogP contribution in [-0.4, -0.2) is 6.04 Å². The van der Waals surface area contributed by atoms with Gasteiger partial charge in [-0.1, -0.05) is 52.4 Å². The fraction of sp³-hybridized carbons (Fsp3) is 1.00. The van der Waals surface area contributed by atoms with Crippen LogP contribution in [0.2, 0.25) is 0 Å². The minimum atomic E-state index is 0.466. The largest absolute Gasteiger partial charge is 0.328 e. The third-order valence-electron chi connectivity index (χ3n) is 3.76.